The van der Waals surface area contributed by atoms with Gasteiger partial charge in [0.2, 0.25) is 5.91 Å². The fraction of sp³-hybridized carbons (Fsp3) is 0.529. The molecule has 6 heteroatoms. The molecule has 2 fully saturated rings. The summed E-state index contributed by atoms with van der Waals surface area (Å²) in [5.41, 5.74) is 0.914. The standard InChI is InChI=1S/C17H21NO4S/c1-10(19)12-14(20)18-13(17(2,3)23-15(12)18)16(21)22-9-11-7-5-4-6-8-11/h4-8,10,12-13,15,19H,9H2,1-3H3/t10-,12+,13-,15+/m0/s1. The molecule has 2 aliphatic heterocycles. The molecule has 2 aliphatic rings. The van der Waals surface area contributed by atoms with E-state index in [0.29, 0.717) is 0 Å². The van der Waals surface area contributed by atoms with Crippen molar-refractivity contribution in [1.29, 1.82) is 0 Å². The number of carbonyl (C=O) groups excluding carboxylic acids is 2. The Kier molecular flexibility index (Phi) is 4.14. The van der Waals surface area contributed by atoms with Gasteiger partial charge in [0.05, 0.1) is 17.4 Å². The van der Waals surface area contributed by atoms with Crippen LogP contribution in [0.2, 0.25) is 0 Å². The molecule has 0 unspecified atom stereocenters. The first-order valence-electron chi connectivity index (χ1n) is 7.71. The Balaban J connectivity index is 1.71. The number of esters is 1. The Bertz CT molecular complexity index is 616. The summed E-state index contributed by atoms with van der Waals surface area (Å²) in [6, 6.07) is 8.86. The van der Waals surface area contributed by atoms with Gasteiger partial charge in [-0.05, 0) is 26.3 Å². The second-order valence-corrected chi connectivity index (χ2v) is 8.39. The molecule has 0 saturated carbocycles. The van der Waals surface area contributed by atoms with Crippen LogP contribution in [0.15, 0.2) is 30.3 Å². The average molecular weight is 335 g/mol. The molecular weight excluding hydrogens is 314 g/mol. The van der Waals surface area contributed by atoms with Gasteiger partial charge in [-0.15, -0.1) is 11.8 Å². The van der Waals surface area contributed by atoms with Crippen molar-refractivity contribution in [2.24, 2.45) is 5.92 Å². The van der Waals surface area contributed by atoms with E-state index in [9.17, 15) is 14.7 Å². The number of carbonyl (C=O) groups is 2. The SMILES string of the molecule is C[C@H](O)[C@@H]1C(=O)N2[C@@H]1SC(C)(C)[C@@H]2C(=O)OCc1ccccc1. The van der Waals surface area contributed by atoms with Crippen LogP contribution >= 0.6 is 11.8 Å². The Morgan fingerprint density at radius 2 is 2.04 bits per heavy atom. The van der Waals surface area contributed by atoms with E-state index in [1.54, 1.807) is 23.6 Å². The Morgan fingerprint density at radius 1 is 1.39 bits per heavy atom. The summed E-state index contributed by atoms with van der Waals surface area (Å²) in [6.07, 6.45) is -0.703. The lowest BCUT2D eigenvalue weighted by Gasteiger charge is -2.45. The van der Waals surface area contributed by atoms with Crippen molar-refractivity contribution in [3.63, 3.8) is 0 Å². The van der Waals surface area contributed by atoms with E-state index < -0.39 is 22.8 Å². The molecule has 2 heterocycles. The van der Waals surface area contributed by atoms with Crippen LogP contribution in [-0.4, -0.2) is 44.1 Å². The lowest BCUT2D eigenvalue weighted by molar-refractivity contribution is -0.171. The zero-order valence-electron chi connectivity index (χ0n) is 13.4. The van der Waals surface area contributed by atoms with Crippen LogP contribution in [0.3, 0.4) is 0 Å². The fourth-order valence-corrected chi connectivity index (χ4v) is 5.07. The highest BCUT2D eigenvalue weighted by Crippen LogP contribution is 2.54. The molecule has 1 amide bonds. The number of aliphatic hydroxyl groups excluding tert-OH is 1. The molecule has 4 atom stereocenters. The highest BCUT2D eigenvalue weighted by molar-refractivity contribution is 8.01. The predicted octanol–water partition coefficient (Wildman–Crippen LogP) is 1.79. The van der Waals surface area contributed by atoms with Crippen molar-refractivity contribution in [3.05, 3.63) is 35.9 Å². The van der Waals surface area contributed by atoms with Gasteiger partial charge in [0, 0.05) is 4.75 Å². The van der Waals surface area contributed by atoms with Crippen LogP contribution in [0.4, 0.5) is 0 Å². The smallest absolute Gasteiger partial charge is 0.330 e. The van der Waals surface area contributed by atoms with Crippen LogP contribution in [0.5, 0.6) is 0 Å². The fourth-order valence-electron chi connectivity index (χ4n) is 3.27. The largest absolute Gasteiger partial charge is 0.459 e. The van der Waals surface area contributed by atoms with E-state index in [2.05, 4.69) is 0 Å². The van der Waals surface area contributed by atoms with Gasteiger partial charge in [-0.2, -0.15) is 0 Å². The van der Waals surface area contributed by atoms with Gasteiger partial charge in [0.25, 0.3) is 0 Å². The first-order valence-corrected chi connectivity index (χ1v) is 8.59. The van der Waals surface area contributed by atoms with E-state index in [1.807, 2.05) is 44.2 Å². The van der Waals surface area contributed by atoms with E-state index >= 15 is 0 Å². The summed E-state index contributed by atoms with van der Waals surface area (Å²) in [4.78, 5) is 26.4. The second kappa shape index (κ2) is 5.83. The Labute approximate surface area is 140 Å². The molecule has 0 bridgehead atoms. The van der Waals surface area contributed by atoms with Gasteiger partial charge in [-0.25, -0.2) is 4.79 Å². The summed E-state index contributed by atoms with van der Waals surface area (Å²) in [6.45, 7) is 5.70. The normalized spacial score (nSPS) is 29.7. The second-order valence-electron chi connectivity index (χ2n) is 6.62. The molecular formula is C17H21NO4S. The monoisotopic (exact) mass is 335 g/mol. The number of aliphatic hydroxyl groups is 1. The number of fused-ring (bicyclic) bond motifs is 1. The molecule has 0 radical (unpaired) electrons. The number of nitrogens with zero attached hydrogens (tertiary/aromatic N) is 1. The number of thioether (sulfide) groups is 1. The number of ether oxygens (including phenoxy) is 1. The minimum Gasteiger partial charge on any atom is -0.459 e. The van der Waals surface area contributed by atoms with Crippen LogP contribution < -0.4 is 0 Å². The first kappa shape index (κ1) is 16.3. The molecule has 1 aromatic carbocycles. The maximum Gasteiger partial charge on any atom is 0.330 e. The molecule has 1 aromatic rings. The number of rotatable bonds is 4. The number of benzene rings is 1. The van der Waals surface area contributed by atoms with E-state index in [4.69, 9.17) is 4.74 Å². The van der Waals surface area contributed by atoms with Gasteiger partial charge < -0.3 is 14.7 Å². The summed E-state index contributed by atoms with van der Waals surface area (Å²) in [7, 11) is 0. The van der Waals surface area contributed by atoms with Crippen molar-refractivity contribution >= 4 is 23.6 Å². The van der Waals surface area contributed by atoms with Crippen LogP contribution in [0, 0.1) is 5.92 Å². The zero-order chi connectivity index (χ0) is 16.8. The lowest BCUT2D eigenvalue weighted by Crippen LogP contribution is -2.65. The van der Waals surface area contributed by atoms with Crippen molar-refractivity contribution in [2.75, 3.05) is 0 Å². The number of β-lactam (4-membered cyclic amide) rings is 1. The predicted molar refractivity (Wildman–Crippen MR) is 87.5 cm³/mol. The highest BCUT2D eigenvalue weighted by atomic mass is 32.2. The van der Waals surface area contributed by atoms with Gasteiger partial charge in [-0.1, -0.05) is 30.3 Å². The maximum absolute atomic E-state index is 12.6. The first-order chi connectivity index (χ1) is 10.8. The average Bonchev–Trinajstić information content (AvgIpc) is 2.73. The third-order valence-corrected chi connectivity index (χ3v) is 6.04. The van der Waals surface area contributed by atoms with Crippen molar-refractivity contribution < 1.29 is 19.4 Å². The number of hydrogen-bond donors (Lipinski definition) is 1. The molecule has 0 spiro atoms. The molecule has 2 saturated heterocycles. The van der Waals surface area contributed by atoms with Gasteiger partial charge in [0.15, 0.2) is 0 Å². The van der Waals surface area contributed by atoms with Crippen molar-refractivity contribution in [2.45, 2.75) is 49.6 Å². The van der Waals surface area contributed by atoms with Crippen LogP contribution in [-0.2, 0) is 20.9 Å². The van der Waals surface area contributed by atoms with Crippen molar-refractivity contribution in [3.8, 4) is 0 Å². The van der Waals surface area contributed by atoms with Crippen LogP contribution in [0.25, 0.3) is 0 Å². The summed E-state index contributed by atoms with van der Waals surface area (Å²) in [5.74, 6) is -0.970. The van der Waals surface area contributed by atoms with E-state index in [0.717, 1.165) is 5.56 Å². The molecule has 1 N–H and O–H groups in total. The molecule has 3 rings (SSSR count). The topological polar surface area (TPSA) is 66.8 Å². The number of hydrogen-bond acceptors (Lipinski definition) is 5. The lowest BCUT2D eigenvalue weighted by atomic mass is 9.88. The molecule has 0 aliphatic carbocycles. The zero-order valence-corrected chi connectivity index (χ0v) is 14.2. The summed E-state index contributed by atoms with van der Waals surface area (Å²) < 4.78 is 5.00. The van der Waals surface area contributed by atoms with E-state index in [-0.39, 0.29) is 23.9 Å². The van der Waals surface area contributed by atoms with Gasteiger partial charge in [0.1, 0.15) is 12.6 Å². The molecule has 5 nitrogen and oxygen atoms in total. The molecule has 124 valence electrons. The minimum atomic E-state index is -0.703. The quantitative estimate of drug-likeness (QED) is 0.671. The minimum absolute atomic E-state index is 0.147. The third-order valence-electron chi connectivity index (χ3n) is 4.45. The molecule has 23 heavy (non-hydrogen) atoms. The van der Waals surface area contributed by atoms with Gasteiger partial charge >= 0.3 is 5.97 Å². The number of amides is 1. The highest BCUT2D eigenvalue weighted by Gasteiger charge is 2.64. The van der Waals surface area contributed by atoms with Crippen LogP contribution in [0.1, 0.15) is 26.3 Å². The Hall–Kier alpha value is -1.53. The van der Waals surface area contributed by atoms with E-state index in [1.165, 1.54) is 0 Å². The molecule has 0 aromatic heterocycles. The third kappa shape index (κ3) is 2.74. The maximum atomic E-state index is 12.6. The van der Waals surface area contributed by atoms with Gasteiger partial charge in [-0.3, -0.25) is 4.79 Å². The Morgan fingerprint density at radius 3 is 2.65 bits per heavy atom. The van der Waals surface area contributed by atoms with Crippen molar-refractivity contribution in [1.82, 2.24) is 4.90 Å². The summed E-state index contributed by atoms with van der Waals surface area (Å²) in [5, 5.41) is 9.61. The summed E-state index contributed by atoms with van der Waals surface area (Å²) >= 11 is 1.56.